The van der Waals surface area contributed by atoms with Gasteiger partial charge in [-0.05, 0) is 44.4 Å². The van der Waals surface area contributed by atoms with Crippen molar-refractivity contribution >= 4 is 23.7 Å². The highest BCUT2D eigenvalue weighted by atomic mass is 35.5. The van der Waals surface area contributed by atoms with Crippen LogP contribution in [0, 0.1) is 17.2 Å². The maximum Gasteiger partial charge on any atom is 0.417 e. The van der Waals surface area contributed by atoms with Crippen LogP contribution in [0.3, 0.4) is 0 Å². The summed E-state index contributed by atoms with van der Waals surface area (Å²) in [6.45, 7) is 8.41. The van der Waals surface area contributed by atoms with Crippen molar-refractivity contribution in [1.82, 2.24) is 10.3 Å². The van der Waals surface area contributed by atoms with Crippen molar-refractivity contribution in [3.63, 3.8) is 0 Å². The number of carbonyl (C=O) groups excluding carboxylic acids is 1. The number of nitrogens with zero attached hydrogens (tertiary/aromatic N) is 3. The number of hydrogen-bond donors (Lipinski definition) is 1. The molecular formula is C28H30ClF3N4O2. The number of amides is 1. The van der Waals surface area contributed by atoms with Crippen LogP contribution in [0.4, 0.5) is 13.2 Å². The van der Waals surface area contributed by atoms with Crippen molar-refractivity contribution < 1.29 is 22.7 Å². The highest BCUT2D eigenvalue weighted by Gasteiger charge is 2.35. The first-order chi connectivity index (χ1) is 17.9. The van der Waals surface area contributed by atoms with Gasteiger partial charge in [-0.1, -0.05) is 43.0 Å². The van der Waals surface area contributed by atoms with Gasteiger partial charge >= 0.3 is 6.18 Å². The fourth-order valence-corrected chi connectivity index (χ4v) is 3.75. The van der Waals surface area contributed by atoms with Crippen molar-refractivity contribution in [2.24, 2.45) is 10.9 Å². The number of halogens is 4. The Bertz CT molecular complexity index is 1180. The molecule has 10 heteroatoms. The van der Waals surface area contributed by atoms with E-state index < -0.39 is 29.3 Å². The van der Waals surface area contributed by atoms with Crippen LogP contribution in [0.15, 0.2) is 83.7 Å². The topological polar surface area (TPSA) is 87.4 Å². The maximum atomic E-state index is 13.2. The molecule has 1 heterocycles. The van der Waals surface area contributed by atoms with E-state index in [9.17, 15) is 18.0 Å². The molecule has 6 nitrogen and oxygen atoms in total. The van der Waals surface area contributed by atoms with Crippen LogP contribution in [0.1, 0.15) is 39.2 Å². The quantitative estimate of drug-likeness (QED) is 0.254. The highest BCUT2D eigenvalue weighted by Crippen LogP contribution is 2.30. The first-order valence-electron chi connectivity index (χ1n) is 11.8. The van der Waals surface area contributed by atoms with Gasteiger partial charge in [0, 0.05) is 36.6 Å². The molecule has 3 unspecified atom stereocenters. The number of nitriles is 1. The monoisotopic (exact) mass is 546 g/mol. The standard InChI is InChI=1S/C28H30ClF3N4O2/c1-5-34-17-21(9-7-15-33)24(16-20-8-6-10-23(29)13-11-20)19(2)36-26(37)27(3,4)38-25-14-12-22(18-35-25)28(30,31)32/h5-6,8-14,17-19,23-24H,1,7,16H2,2-4H3,(H,36,37)/b21-9+,34-17?. The van der Waals surface area contributed by atoms with Crippen LogP contribution in [-0.2, 0) is 11.0 Å². The lowest BCUT2D eigenvalue weighted by atomic mass is 9.85. The number of aliphatic imine (C=N–C) groups is 1. The molecule has 1 aromatic rings. The van der Waals surface area contributed by atoms with Gasteiger partial charge in [0.2, 0.25) is 5.88 Å². The molecule has 0 fully saturated rings. The number of pyridine rings is 1. The Labute approximate surface area is 226 Å². The molecule has 1 aliphatic rings. The minimum absolute atomic E-state index is 0.119. The number of aromatic nitrogens is 1. The average Bonchev–Trinajstić information content (AvgIpc) is 3.06. The van der Waals surface area contributed by atoms with Crippen LogP contribution in [0.25, 0.3) is 0 Å². The highest BCUT2D eigenvalue weighted by molar-refractivity contribution is 6.23. The summed E-state index contributed by atoms with van der Waals surface area (Å²) >= 11 is 6.18. The number of nitrogens with one attached hydrogen (secondary N) is 1. The third-order valence-corrected chi connectivity index (χ3v) is 5.96. The Kier molecular flexibility index (Phi) is 11.1. The molecular weight excluding hydrogens is 517 g/mol. The second kappa shape index (κ2) is 13.8. The maximum absolute atomic E-state index is 13.2. The number of hydrogen-bond acceptors (Lipinski definition) is 5. The molecule has 202 valence electrons. The molecule has 0 aromatic carbocycles. The first-order valence-corrected chi connectivity index (χ1v) is 12.2. The number of allylic oxidation sites excluding steroid dienone is 7. The van der Waals surface area contributed by atoms with Gasteiger partial charge in [-0.25, -0.2) is 4.98 Å². The smallest absolute Gasteiger partial charge is 0.417 e. The Morgan fingerprint density at radius 1 is 1.37 bits per heavy atom. The zero-order chi connectivity index (χ0) is 28.3. The molecule has 0 bridgehead atoms. The minimum atomic E-state index is -4.53. The van der Waals surface area contributed by atoms with Crippen LogP contribution in [-0.4, -0.2) is 34.1 Å². The van der Waals surface area contributed by atoms with Crippen LogP contribution >= 0.6 is 11.6 Å². The fraction of sp³-hybridized carbons (Fsp3) is 0.357. The predicted octanol–water partition coefficient (Wildman–Crippen LogP) is 6.48. The van der Waals surface area contributed by atoms with Crippen molar-refractivity contribution in [2.75, 3.05) is 0 Å². The molecule has 1 aliphatic carbocycles. The number of ether oxygens (including phenoxy) is 1. The molecule has 1 aromatic heterocycles. The van der Waals surface area contributed by atoms with Crippen molar-refractivity contribution in [1.29, 1.82) is 5.26 Å². The van der Waals surface area contributed by atoms with E-state index in [1.54, 1.807) is 12.3 Å². The zero-order valence-corrected chi connectivity index (χ0v) is 22.1. The molecule has 0 aliphatic heterocycles. The van der Waals surface area contributed by atoms with Gasteiger partial charge in [0.15, 0.2) is 5.60 Å². The second-order valence-corrected chi connectivity index (χ2v) is 9.53. The van der Waals surface area contributed by atoms with Gasteiger partial charge in [-0.3, -0.25) is 9.79 Å². The number of rotatable bonds is 11. The molecule has 0 spiro atoms. The Morgan fingerprint density at radius 2 is 2.11 bits per heavy atom. The fourth-order valence-electron chi connectivity index (χ4n) is 3.59. The van der Waals surface area contributed by atoms with Crippen molar-refractivity contribution in [2.45, 2.75) is 56.8 Å². The second-order valence-electron chi connectivity index (χ2n) is 9.03. The Hall–Kier alpha value is -3.64. The minimum Gasteiger partial charge on any atom is -0.462 e. The summed E-state index contributed by atoms with van der Waals surface area (Å²) in [4.78, 5) is 21.0. The lowest BCUT2D eigenvalue weighted by Crippen LogP contribution is -2.51. The van der Waals surface area contributed by atoms with Crippen LogP contribution in [0.2, 0.25) is 0 Å². The summed E-state index contributed by atoms with van der Waals surface area (Å²) in [7, 11) is 0. The summed E-state index contributed by atoms with van der Waals surface area (Å²) in [5.41, 5.74) is -0.686. The van der Waals surface area contributed by atoms with Gasteiger partial charge in [0.25, 0.3) is 5.91 Å². The van der Waals surface area contributed by atoms with E-state index in [0.717, 1.165) is 23.3 Å². The molecule has 38 heavy (non-hydrogen) atoms. The number of carbonyl (C=O) groups is 1. The molecule has 1 N–H and O–H groups in total. The molecule has 3 atom stereocenters. The number of alkyl halides is 4. The molecule has 0 radical (unpaired) electrons. The van der Waals surface area contributed by atoms with E-state index in [-0.39, 0.29) is 23.6 Å². The van der Waals surface area contributed by atoms with Gasteiger partial charge in [0.05, 0.1) is 23.4 Å². The zero-order valence-electron chi connectivity index (χ0n) is 21.4. The van der Waals surface area contributed by atoms with E-state index in [4.69, 9.17) is 21.6 Å². The summed E-state index contributed by atoms with van der Waals surface area (Å²) < 4.78 is 44.2. The normalized spacial score (nSPS) is 17.8. The SMILES string of the molecule is C=CN=C/C(=C\CC#N)C(CC1=CC=CC(Cl)C=C1)C(C)NC(=O)C(C)(C)Oc1ccc(C(F)(F)F)cn1. The van der Waals surface area contributed by atoms with Gasteiger partial charge in [-0.15, -0.1) is 11.6 Å². The third kappa shape index (κ3) is 9.34. The molecule has 2 rings (SSSR count). The third-order valence-electron chi connectivity index (χ3n) is 5.67. The predicted molar refractivity (Wildman–Crippen MR) is 143 cm³/mol. The van der Waals surface area contributed by atoms with Gasteiger partial charge in [0.1, 0.15) is 0 Å². The summed E-state index contributed by atoms with van der Waals surface area (Å²) in [6, 6.07) is 3.54. The molecule has 1 amide bonds. The van der Waals surface area contributed by atoms with E-state index in [1.807, 2.05) is 37.3 Å². The van der Waals surface area contributed by atoms with E-state index in [2.05, 4.69) is 27.9 Å². The summed E-state index contributed by atoms with van der Waals surface area (Å²) in [6.07, 6.45) is 10.9. The summed E-state index contributed by atoms with van der Waals surface area (Å²) in [5.74, 6) is -0.915. The van der Waals surface area contributed by atoms with E-state index in [1.165, 1.54) is 20.0 Å². The lowest BCUT2D eigenvalue weighted by molar-refractivity contribution is -0.138. The Morgan fingerprint density at radius 3 is 2.71 bits per heavy atom. The largest absolute Gasteiger partial charge is 0.462 e. The lowest BCUT2D eigenvalue weighted by Gasteiger charge is -2.31. The summed E-state index contributed by atoms with van der Waals surface area (Å²) in [5, 5.41) is 11.8. The first kappa shape index (κ1) is 30.6. The average molecular weight is 547 g/mol. The van der Waals surface area contributed by atoms with E-state index in [0.29, 0.717) is 12.6 Å². The van der Waals surface area contributed by atoms with Crippen LogP contribution < -0.4 is 10.1 Å². The van der Waals surface area contributed by atoms with Crippen molar-refractivity contribution in [3.05, 3.63) is 84.3 Å². The molecule has 0 saturated heterocycles. The Balaban J connectivity index is 2.28. The van der Waals surface area contributed by atoms with Gasteiger partial charge in [-0.2, -0.15) is 18.4 Å². The molecule has 0 saturated carbocycles. The van der Waals surface area contributed by atoms with Crippen LogP contribution in [0.5, 0.6) is 5.88 Å². The van der Waals surface area contributed by atoms with E-state index >= 15 is 0 Å². The van der Waals surface area contributed by atoms with Gasteiger partial charge < -0.3 is 10.1 Å². The van der Waals surface area contributed by atoms with Crippen molar-refractivity contribution in [3.8, 4) is 11.9 Å².